The van der Waals surface area contributed by atoms with Crippen LogP contribution in [0.1, 0.15) is 100 Å². The highest BCUT2D eigenvalue weighted by Crippen LogP contribution is 2.60. The Kier molecular flexibility index (Phi) is 16.7. The molecule has 0 amide bonds. The predicted octanol–water partition coefficient (Wildman–Crippen LogP) is 34.9. The zero-order valence-corrected chi connectivity index (χ0v) is 76.8. The number of furan rings is 1. The van der Waals surface area contributed by atoms with E-state index in [1.165, 1.54) is 235 Å². The molecule has 5 nitrogen and oxygen atoms in total. The second-order valence-corrected chi connectivity index (χ2v) is 41.0. The van der Waals surface area contributed by atoms with Crippen LogP contribution in [0.5, 0.6) is 0 Å². The Bertz CT molecular complexity index is 9280. The Balaban J connectivity index is 0.000000103. The number of rotatable bonds is 7. The van der Waals surface area contributed by atoms with Crippen LogP contribution in [0.3, 0.4) is 0 Å². The lowest BCUT2D eigenvalue weighted by Crippen LogP contribution is -2.19. The Morgan fingerprint density at radius 2 is 0.639 bits per heavy atom. The van der Waals surface area contributed by atoms with Gasteiger partial charge in [0.1, 0.15) is 5.58 Å². The molecule has 0 aliphatic heterocycles. The first kappa shape index (κ1) is 77.6. The molecule has 0 spiro atoms. The molecule has 7 heteroatoms. The molecule has 0 unspecified atom stereocenters. The molecule has 133 heavy (non-hydrogen) atoms. The summed E-state index contributed by atoms with van der Waals surface area (Å²) >= 11 is 3.80. The number of nitrogens with zero attached hydrogens (tertiary/aromatic N) is 4. The normalized spacial score (nSPS) is 14.3. The molecule has 0 fully saturated rings. The van der Waals surface area contributed by atoms with Crippen molar-refractivity contribution in [2.45, 2.75) is 77.0 Å². The molecule has 0 saturated heterocycles. The summed E-state index contributed by atoms with van der Waals surface area (Å²) in [5.41, 5.74) is 41.7. The SMILES string of the molecule is CC1(C)c2cc(-c3cccc4c3sc3ccccc34)ccc2-c2ccc(-n3c4c(c5ccccc53)C(C)(C)c3ccccc3-4)cc21.CC1(C)c2ccccc2-c2c1c1ccccc1n2-c1ccc(-c2cccc3c2sc2ccccc23)cc1.CC1(C)c2ccccc2-c2c1n(-c1cccc3c1oc1ccccc13)c1ccc(-c3ccc4c(c3)c3ccccc3n4-c3ccccc3)cc21. The lowest BCUT2D eigenvalue weighted by atomic mass is 9.81. The number of hydrogen-bond acceptors (Lipinski definition) is 3. The van der Waals surface area contributed by atoms with Crippen molar-refractivity contribution < 1.29 is 4.42 Å². The zero-order valence-electron chi connectivity index (χ0n) is 75.1. The lowest BCUT2D eigenvalue weighted by Gasteiger charge is -2.24. The van der Waals surface area contributed by atoms with E-state index in [0.29, 0.717) is 0 Å². The third-order valence-electron chi connectivity index (χ3n) is 30.3. The highest BCUT2D eigenvalue weighted by atomic mass is 32.1. The van der Waals surface area contributed by atoms with E-state index in [9.17, 15) is 0 Å². The summed E-state index contributed by atoms with van der Waals surface area (Å²) < 4.78 is 21.9. The van der Waals surface area contributed by atoms with Crippen molar-refractivity contribution in [1.82, 2.24) is 18.3 Å². The summed E-state index contributed by atoms with van der Waals surface area (Å²) in [6.45, 7) is 19.0. The first-order valence-electron chi connectivity index (χ1n) is 46.5. The van der Waals surface area contributed by atoms with Crippen molar-refractivity contribution in [3.05, 3.63) is 445 Å². The lowest BCUT2D eigenvalue weighted by molar-refractivity contribution is 0.619. The van der Waals surface area contributed by atoms with E-state index >= 15 is 0 Å². The van der Waals surface area contributed by atoms with Crippen LogP contribution in [0, 0.1) is 0 Å². The van der Waals surface area contributed by atoms with Gasteiger partial charge in [-0.25, -0.2) is 0 Å². The van der Waals surface area contributed by atoms with Gasteiger partial charge in [0.25, 0.3) is 0 Å². The van der Waals surface area contributed by atoms with E-state index in [0.717, 1.165) is 27.6 Å². The molecule has 18 aromatic carbocycles. The van der Waals surface area contributed by atoms with E-state index in [1.54, 1.807) is 0 Å². The summed E-state index contributed by atoms with van der Waals surface area (Å²) in [7, 11) is 0. The second kappa shape index (κ2) is 28.6. The van der Waals surface area contributed by atoms with E-state index in [1.807, 2.05) is 28.7 Å². The Morgan fingerprint density at radius 3 is 1.26 bits per heavy atom. The first-order valence-corrected chi connectivity index (χ1v) is 48.2. The van der Waals surface area contributed by atoms with Gasteiger partial charge in [-0.05, 0) is 198 Å². The third-order valence-corrected chi connectivity index (χ3v) is 32.7. The summed E-state index contributed by atoms with van der Waals surface area (Å²) in [5, 5.41) is 14.1. The van der Waals surface area contributed by atoms with E-state index < -0.39 is 0 Å². The molecule has 0 N–H and O–H groups in total. The van der Waals surface area contributed by atoms with Gasteiger partial charge in [-0.2, -0.15) is 0 Å². The quantitative estimate of drug-likeness (QED) is 0.157. The molecule has 0 bridgehead atoms. The van der Waals surface area contributed by atoms with Crippen LogP contribution >= 0.6 is 22.7 Å². The van der Waals surface area contributed by atoms with Crippen molar-refractivity contribution in [3.63, 3.8) is 0 Å². The summed E-state index contributed by atoms with van der Waals surface area (Å²) in [4.78, 5) is 0. The molecule has 4 aliphatic rings. The standard InChI is InChI=1S/C47H32N2O.C44H33NS.C35H25NS/c1-47(2)38-19-9-6-17-35(38)44-37-28-30(29-23-25-40-36(27-29)32-15-7-10-20-39(32)48(40)31-13-4-3-5-14-31)24-26-41(37)49(46(44)47)42-21-12-18-34-33-16-8-11-22-43(33)50-45(34)42;1-43(2)36-24-26(28-15-11-16-32-31-12-7-10-19-39(31)46-42(28)32)20-22-29(36)30-23-21-27(25-37(30)43)45-38-18-9-6-14-34(38)40-41(45)33-13-5-8-17-35(33)44(40,3)4;1-35(2)29-15-6-3-11-27(29)33-32(35)28-12-4-7-16-30(28)36(33)23-20-18-22(19-21-23)24-13-9-14-26-25-10-5-8-17-31(25)37-34(24)26/h3-28H,1-2H3;5-25H,1-4H3;3-21H,1-2H3. The van der Waals surface area contributed by atoms with Gasteiger partial charge in [0.2, 0.25) is 0 Å². The van der Waals surface area contributed by atoms with Crippen LogP contribution in [0.15, 0.2) is 405 Å². The molecule has 29 rings (SSSR count). The zero-order chi connectivity index (χ0) is 88.8. The number of thiophene rings is 2. The molecule has 7 heterocycles. The van der Waals surface area contributed by atoms with E-state index in [4.69, 9.17) is 4.42 Å². The van der Waals surface area contributed by atoms with Crippen LogP contribution in [-0.4, -0.2) is 18.3 Å². The second-order valence-electron chi connectivity index (χ2n) is 38.9. The molecule has 7 aromatic heterocycles. The average Bonchev–Trinajstić information content (AvgIpc) is 1.54. The number of hydrogen-bond donors (Lipinski definition) is 0. The fourth-order valence-electron chi connectivity index (χ4n) is 24.2. The summed E-state index contributed by atoms with van der Waals surface area (Å²) in [6.07, 6.45) is 0. The summed E-state index contributed by atoms with van der Waals surface area (Å²) in [5.74, 6) is 0. The molecular formula is C126H90N4OS2. The maximum absolute atomic E-state index is 6.64. The van der Waals surface area contributed by atoms with Crippen molar-refractivity contribution >= 4 is 139 Å². The number of para-hydroxylation sites is 6. The topological polar surface area (TPSA) is 32.9 Å². The number of aromatic nitrogens is 4. The van der Waals surface area contributed by atoms with Gasteiger partial charge in [-0.15, -0.1) is 22.7 Å². The van der Waals surface area contributed by atoms with Gasteiger partial charge in [-0.1, -0.05) is 347 Å². The van der Waals surface area contributed by atoms with Crippen LogP contribution in [0.4, 0.5) is 0 Å². The van der Waals surface area contributed by atoms with Gasteiger partial charge in [0.05, 0.1) is 44.7 Å². The fraction of sp³-hybridized carbons (Fsp3) is 0.0952. The predicted molar refractivity (Wildman–Crippen MR) is 564 cm³/mol. The van der Waals surface area contributed by atoms with Crippen LogP contribution in [0.25, 0.3) is 218 Å². The van der Waals surface area contributed by atoms with E-state index in [-0.39, 0.29) is 21.7 Å². The first-order chi connectivity index (χ1) is 65.0. The minimum Gasteiger partial charge on any atom is -0.454 e. The molecule has 632 valence electrons. The van der Waals surface area contributed by atoms with E-state index in [2.05, 4.69) is 468 Å². The van der Waals surface area contributed by atoms with Crippen LogP contribution in [-0.2, 0) is 21.7 Å². The minimum absolute atomic E-state index is 0.0342. The largest absolute Gasteiger partial charge is 0.454 e. The van der Waals surface area contributed by atoms with Crippen molar-refractivity contribution in [1.29, 1.82) is 0 Å². The van der Waals surface area contributed by atoms with Crippen molar-refractivity contribution in [2.75, 3.05) is 0 Å². The number of fused-ring (bicyclic) bond motifs is 30. The highest BCUT2D eigenvalue weighted by Gasteiger charge is 2.45. The summed E-state index contributed by atoms with van der Waals surface area (Å²) in [6, 6.07) is 148. The van der Waals surface area contributed by atoms with Crippen LogP contribution in [0.2, 0.25) is 0 Å². The molecule has 0 radical (unpaired) electrons. The van der Waals surface area contributed by atoms with Gasteiger partial charge in [-0.3, -0.25) is 0 Å². The maximum Gasteiger partial charge on any atom is 0.159 e. The Hall–Kier alpha value is -15.4. The van der Waals surface area contributed by atoms with Gasteiger partial charge in [0.15, 0.2) is 5.58 Å². The van der Waals surface area contributed by atoms with Crippen LogP contribution < -0.4 is 0 Å². The van der Waals surface area contributed by atoms with Crippen molar-refractivity contribution in [3.8, 4) is 101 Å². The molecule has 0 atom stereocenters. The molecular weight excluding hydrogens is 1650 g/mol. The smallest absolute Gasteiger partial charge is 0.159 e. The van der Waals surface area contributed by atoms with Crippen molar-refractivity contribution in [2.24, 2.45) is 0 Å². The average molecular weight is 1740 g/mol. The van der Waals surface area contributed by atoms with Gasteiger partial charge >= 0.3 is 0 Å². The number of benzene rings is 18. The Labute approximate surface area is 779 Å². The molecule has 25 aromatic rings. The monoisotopic (exact) mass is 1740 g/mol. The third kappa shape index (κ3) is 11.1. The highest BCUT2D eigenvalue weighted by molar-refractivity contribution is 7.26. The molecule has 0 saturated carbocycles. The maximum atomic E-state index is 6.64. The minimum atomic E-state index is -0.211. The molecule has 4 aliphatic carbocycles. The van der Waals surface area contributed by atoms with Gasteiger partial charge in [0, 0.05) is 139 Å². The Morgan fingerprint density at radius 1 is 0.226 bits per heavy atom. The fourth-order valence-corrected chi connectivity index (χ4v) is 26.7. The van der Waals surface area contributed by atoms with Gasteiger partial charge < -0.3 is 22.7 Å².